The summed E-state index contributed by atoms with van der Waals surface area (Å²) in [5.74, 6) is -0.813. The fourth-order valence-corrected chi connectivity index (χ4v) is 3.91. The van der Waals surface area contributed by atoms with E-state index in [0.717, 1.165) is 22.4 Å². The predicted molar refractivity (Wildman–Crippen MR) is 108 cm³/mol. The number of rotatable bonds is 4. The molecule has 1 aliphatic rings. The first kappa shape index (κ1) is 19.1. The lowest BCUT2D eigenvalue weighted by Gasteiger charge is -2.22. The Labute approximate surface area is 168 Å². The second-order valence-electron chi connectivity index (χ2n) is 7.62. The number of nitrogens with one attached hydrogen (secondary N) is 1. The third-order valence-corrected chi connectivity index (χ3v) is 5.52. The van der Waals surface area contributed by atoms with Gasteiger partial charge in [0.2, 0.25) is 0 Å². The van der Waals surface area contributed by atoms with E-state index in [2.05, 4.69) is 4.98 Å². The normalized spacial score (nSPS) is 15.8. The molecule has 0 unspecified atom stereocenters. The average molecular weight is 391 g/mol. The predicted octanol–water partition coefficient (Wildman–Crippen LogP) is 5.04. The van der Waals surface area contributed by atoms with Gasteiger partial charge < -0.3 is 9.72 Å². The van der Waals surface area contributed by atoms with Gasteiger partial charge in [-0.05, 0) is 55.0 Å². The molecule has 0 saturated heterocycles. The molecule has 1 aromatic heterocycles. The number of ether oxygens (including phenoxy) is 1. The number of aryl methyl sites for hydroxylation is 1. The Kier molecular flexibility index (Phi) is 5.05. The van der Waals surface area contributed by atoms with Crippen LogP contribution in [0.5, 0.6) is 0 Å². The molecule has 0 bridgehead atoms. The fourth-order valence-electron chi connectivity index (χ4n) is 3.91. The highest BCUT2D eigenvalue weighted by Gasteiger charge is 2.32. The molecule has 1 N–H and O–H groups in total. The van der Waals surface area contributed by atoms with Crippen LogP contribution in [0.25, 0.3) is 0 Å². The van der Waals surface area contributed by atoms with Crippen molar-refractivity contribution in [2.45, 2.75) is 39.2 Å². The Morgan fingerprint density at radius 3 is 2.45 bits per heavy atom. The lowest BCUT2D eigenvalue weighted by Crippen LogP contribution is -2.18. The first-order chi connectivity index (χ1) is 13.9. The summed E-state index contributed by atoms with van der Waals surface area (Å²) < 4.78 is 18.7. The molecule has 0 saturated carbocycles. The molecule has 5 heteroatoms. The first-order valence-electron chi connectivity index (χ1n) is 9.65. The zero-order valence-corrected chi connectivity index (χ0v) is 16.4. The molecule has 148 valence electrons. The molecule has 4 rings (SSSR count). The molecule has 29 heavy (non-hydrogen) atoms. The van der Waals surface area contributed by atoms with Crippen molar-refractivity contribution in [3.8, 4) is 0 Å². The van der Waals surface area contributed by atoms with Gasteiger partial charge in [0.1, 0.15) is 18.1 Å². The second kappa shape index (κ2) is 7.66. The Morgan fingerprint density at radius 2 is 1.76 bits per heavy atom. The quantitative estimate of drug-likeness (QED) is 0.634. The largest absolute Gasteiger partial charge is 0.456 e. The number of aromatic nitrogens is 1. The summed E-state index contributed by atoms with van der Waals surface area (Å²) in [5.41, 5.74) is 5.27. The van der Waals surface area contributed by atoms with Crippen LogP contribution in [-0.2, 0) is 17.8 Å². The third-order valence-electron chi connectivity index (χ3n) is 5.52. The highest BCUT2D eigenvalue weighted by Crippen LogP contribution is 2.35. The van der Waals surface area contributed by atoms with Crippen molar-refractivity contribution in [3.63, 3.8) is 0 Å². The van der Waals surface area contributed by atoms with E-state index in [1.807, 2.05) is 31.2 Å². The smallest absolute Gasteiger partial charge is 0.355 e. The van der Waals surface area contributed by atoms with Gasteiger partial charge in [0.25, 0.3) is 0 Å². The summed E-state index contributed by atoms with van der Waals surface area (Å²) in [6, 6.07) is 14.0. The van der Waals surface area contributed by atoms with Gasteiger partial charge in [0.05, 0.1) is 0 Å². The van der Waals surface area contributed by atoms with Crippen molar-refractivity contribution in [2.75, 3.05) is 0 Å². The van der Waals surface area contributed by atoms with Crippen molar-refractivity contribution in [3.05, 3.63) is 93.6 Å². The second-order valence-corrected chi connectivity index (χ2v) is 7.62. The van der Waals surface area contributed by atoms with Crippen molar-refractivity contribution in [1.82, 2.24) is 4.98 Å². The van der Waals surface area contributed by atoms with Crippen molar-refractivity contribution < 1.29 is 18.7 Å². The molecular weight excluding hydrogens is 369 g/mol. The minimum atomic E-state index is -0.469. The average Bonchev–Trinajstić information content (AvgIpc) is 3.05. The van der Waals surface area contributed by atoms with Crippen molar-refractivity contribution in [2.24, 2.45) is 0 Å². The summed E-state index contributed by atoms with van der Waals surface area (Å²) >= 11 is 0. The zero-order valence-electron chi connectivity index (χ0n) is 16.4. The molecule has 0 aliphatic heterocycles. The Balaban J connectivity index is 1.53. The number of hydrogen-bond acceptors (Lipinski definition) is 3. The van der Waals surface area contributed by atoms with E-state index in [1.54, 1.807) is 19.1 Å². The van der Waals surface area contributed by atoms with E-state index in [9.17, 15) is 14.0 Å². The van der Waals surface area contributed by atoms with E-state index in [1.165, 1.54) is 12.1 Å². The molecule has 0 amide bonds. The van der Waals surface area contributed by atoms with Gasteiger partial charge in [-0.2, -0.15) is 0 Å². The first-order valence-corrected chi connectivity index (χ1v) is 9.65. The topological polar surface area (TPSA) is 59.2 Å². The van der Waals surface area contributed by atoms with Crippen LogP contribution in [0.1, 0.15) is 61.1 Å². The van der Waals surface area contributed by atoms with E-state index in [4.69, 9.17) is 4.74 Å². The minimum absolute atomic E-state index is 0.00749. The van der Waals surface area contributed by atoms with Gasteiger partial charge in [-0.25, -0.2) is 9.18 Å². The van der Waals surface area contributed by atoms with Crippen molar-refractivity contribution in [1.29, 1.82) is 0 Å². The Bertz CT molecular complexity index is 1060. The molecule has 1 aliphatic carbocycles. The summed E-state index contributed by atoms with van der Waals surface area (Å²) in [7, 11) is 0. The molecule has 1 heterocycles. The van der Waals surface area contributed by atoms with Crippen LogP contribution in [-0.4, -0.2) is 16.7 Å². The molecule has 2 aromatic carbocycles. The molecule has 0 radical (unpaired) electrons. The monoisotopic (exact) mass is 391 g/mol. The van der Waals surface area contributed by atoms with Crippen LogP contribution in [0.15, 0.2) is 48.5 Å². The highest BCUT2D eigenvalue weighted by molar-refractivity contribution is 6.03. The number of fused-ring (bicyclic) bond motifs is 1. The maximum absolute atomic E-state index is 13.2. The Hall–Kier alpha value is -3.21. The van der Waals surface area contributed by atoms with E-state index >= 15 is 0 Å². The summed E-state index contributed by atoms with van der Waals surface area (Å²) in [5, 5.41) is 0. The van der Waals surface area contributed by atoms with Crippen LogP contribution in [0.3, 0.4) is 0 Å². The van der Waals surface area contributed by atoms with Gasteiger partial charge >= 0.3 is 5.97 Å². The standard InChI is InChI=1S/C24H22FNO3/c1-14-3-5-16(6-4-14)13-29-24(28)23-15(2)22-20(26-23)11-18(12-21(22)27)17-7-9-19(25)10-8-17/h3-10,18,26H,11-13H2,1-2H3/t18-/m1/s1. The molecule has 0 spiro atoms. The van der Waals surface area contributed by atoms with Gasteiger partial charge in [-0.3, -0.25) is 4.79 Å². The highest BCUT2D eigenvalue weighted by atomic mass is 19.1. The van der Waals surface area contributed by atoms with E-state index in [-0.39, 0.29) is 24.1 Å². The van der Waals surface area contributed by atoms with E-state index < -0.39 is 5.97 Å². The van der Waals surface area contributed by atoms with Crippen LogP contribution in [0.4, 0.5) is 4.39 Å². The molecular formula is C24H22FNO3. The maximum Gasteiger partial charge on any atom is 0.355 e. The van der Waals surface area contributed by atoms with Gasteiger partial charge in [-0.15, -0.1) is 0 Å². The molecule has 0 fully saturated rings. The van der Waals surface area contributed by atoms with Crippen molar-refractivity contribution >= 4 is 11.8 Å². The lowest BCUT2D eigenvalue weighted by molar-refractivity contribution is 0.0465. The summed E-state index contributed by atoms with van der Waals surface area (Å²) in [6.45, 7) is 3.95. The number of benzene rings is 2. The summed E-state index contributed by atoms with van der Waals surface area (Å²) in [6.07, 6.45) is 0.938. The number of aromatic amines is 1. The Morgan fingerprint density at radius 1 is 1.07 bits per heavy atom. The number of hydrogen-bond donors (Lipinski definition) is 1. The number of halogens is 1. The number of carbonyl (C=O) groups excluding carboxylic acids is 2. The fraction of sp³-hybridized carbons (Fsp3) is 0.250. The maximum atomic E-state index is 13.2. The minimum Gasteiger partial charge on any atom is -0.456 e. The van der Waals surface area contributed by atoms with Gasteiger partial charge in [0, 0.05) is 17.7 Å². The molecule has 3 aromatic rings. The third kappa shape index (κ3) is 3.86. The van der Waals surface area contributed by atoms with Gasteiger partial charge in [-0.1, -0.05) is 42.0 Å². The van der Waals surface area contributed by atoms with Crippen LogP contribution >= 0.6 is 0 Å². The van der Waals surface area contributed by atoms with Gasteiger partial charge in [0.15, 0.2) is 5.78 Å². The number of H-pyrrole nitrogens is 1. The van der Waals surface area contributed by atoms with E-state index in [0.29, 0.717) is 29.7 Å². The van der Waals surface area contributed by atoms with Crippen LogP contribution < -0.4 is 0 Å². The zero-order chi connectivity index (χ0) is 20.5. The molecule has 1 atom stereocenters. The SMILES string of the molecule is Cc1ccc(COC(=O)c2[nH]c3c(c2C)C(=O)C[C@H](c2ccc(F)cc2)C3)cc1. The molecule has 4 nitrogen and oxygen atoms in total. The van der Waals surface area contributed by atoms with Crippen LogP contribution in [0.2, 0.25) is 0 Å². The number of carbonyl (C=O) groups is 2. The number of esters is 1. The number of Topliss-reactive ketones (excluding diaryl/α,β-unsaturated/α-hetero) is 1. The number of ketones is 1. The lowest BCUT2D eigenvalue weighted by atomic mass is 9.81. The van der Waals surface area contributed by atoms with Crippen LogP contribution in [0, 0.1) is 19.7 Å². The summed E-state index contributed by atoms with van der Waals surface area (Å²) in [4.78, 5) is 28.5.